The van der Waals surface area contributed by atoms with Crippen LogP contribution in [0.2, 0.25) is 0 Å². The van der Waals surface area contributed by atoms with Crippen LogP contribution in [0.3, 0.4) is 0 Å². The van der Waals surface area contributed by atoms with E-state index >= 15 is 0 Å². The molecule has 1 aliphatic rings. The Morgan fingerprint density at radius 3 is 2.08 bits per heavy atom. The van der Waals surface area contributed by atoms with Crippen LogP contribution < -0.4 is 0 Å². The largest absolute Gasteiger partial charge is 0.0922 e. The van der Waals surface area contributed by atoms with E-state index in [4.69, 9.17) is 0 Å². The Hall–Kier alpha value is 0.220. The molecule has 0 heterocycles. The standard InChI is InChI=1S/C11H19Br/c1-10(2)11(9-12)7-5-3-4-6-8-11/h3-4,10H,5-9H2,1-2H3. The van der Waals surface area contributed by atoms with Crippen LogP contribution in [0.5, 0.6) is 0 Å². The van der Waals surface area contributed by atoms with Crippen molar-refractivity contribution in [3.8, 4) is 0 Å². The topological polar surface area (TPSA) is 0 Å². The molecule has 1 aliphatic carbocycles. The van der Waals surface area contributed by atoms with Crippen molar-refractivity contribution in [2.24, 2.45) is 11.3 Å². The van der Waals surface area contributed by atoms with Crippen LogP contribution >= 0.6 is 15.9 Å². The number of hydrogen-bond acceptors (Lipinski definition) is 0. The monoisotopic (exact) mass is 230 g/mol. The maximum Gasteiger partial charge on any atom is 0.00906 e. The highest BCUT2D eigenvalue weighted by atomic mass is 79.9. The molecule has 0 saturated carbocycles. The Labute approximate surface area is 84.6 Å². The van der Waals surface area contributed by atoms with Gasteiger partial charge in [-0.05, 0) is 37.0 Å². The zero-order chi connectivity index (χ0) is 9.03. The highest BCUT2D eigenvalue weighted by Gasteiger charge is 2.31. The Bertz CT molecular complexity index is 148. The molecule has 0 atom stereocenters. The second-order valence-corrected chi connectivity index (χ2v) is 4.76. The van der Waals surface area contributed by atoms with E-state index in [1.165, 1.54) is 31.0 Å². The van der Waals surface area contributed by atoms with E-state index in [9.17, 15) is 0 Å². The smallest absolute Gasteiger partial charge is 0.00906 e. The summed E-state index contributed by atoms with van der Waals surface area (Å²) in [5, 5.41) is 1.17. The zero-order valence-electron chi connectivity index (χ0n) is 8.15. The third-order valence-corrected chi connectivity index (χ3v) is 4.39. The van der Waals surface area contributed by atoms with Crippen LogP contribution in [0, 0.1) is 11.3 Å². The first-order chi connectivity index (χ1) is 5.71. The van der Waals surface area contributed by atoms with Crippen molar-refractivity contribution in [1.82, 2.24) is 0 Å². The lowest BCUT2D eigenvalue weighted by Crippen LogP contribution is -2.28. The van der Waals surface area contributed by atoms with Crippen molar-refractivity contribution in [3.05, 3.63) is 12.2 Å². The van der Waals surface area contributed by atoms with E-state index < -0.39 is 0 Å². The Morgan fingerprint density at radius 2 is 1.75 bits per heavy atom. The van der Waals surface area contributed by atoms with E-state index in [0.29, 0.717) is 5.41 Å². The summed E-state index contributed by atoms with van der Waals surface area (Å²) < 4.78 is 0. The van der Waals surface area contributed by atoms with E-state index in [2.05, 4.69) is 41.9 Å². The van der Waals surface area contributed by atoms with Gasteiger partial charge in [-0.3, -0.25) is 0 Å². The highest BCUT2D eigenvalue weighted by Crippen LogP contribution is 2.41. The zero-order valence-corrected chi connectivity index (χ0v) is 9.73. The molecule has 1 heteroatoms. The van der Waals surface area contributed by atoms with Gasteiger partial charge in [0, 0.05) is 5.33 Å². The van der Waals surface area contributed by atoms with Crippen LogP contribution in [0.15, 0.2) is 12.2 Å². The van der Waals surface area contributed by atoms with Crippen molar-refractivity contribution in [2.75, 3.05) is 5.33 Å². The predicted molar refractivity (Wildman–Crippen MR) is 58.7 cm³/mol. The quantitative estimate of drug-likeness (QED) is 0.494. The maximum absolute atomic E-state index is 3.68. The van der Waals surface area contributed by atoms with Crippen molar-refractivity contribution in [2.45, 2.75) is 39.5 Å². The van der Waals surface area contributed by atoms with Crippen LogP contribution in [0.1, 0.15) is 39.5 Å². The summed E-state index contributed by atoms with van der Waals surface area (Å²) in [6, 6.07) is 0. The Kier molecular flexibility index (Phi) is 3.82. The number of halogens is 1. The molecule has 0 radical (unpaired) electrons. The molecule has 0 amide bonds. The third kappa shape index (κ3) is 2.12. The summed E-state index contributed by atoms with van der Waals surface area (Å²) in [5.74, 6) is 0.803. The first-order valence-corrected chi connectivity index (χ1v) is 6.04. The van der Waals surface area contributed by atoms with Crippen LogP contribution in [-0.2, 0) is 0 Å². The lowest BCUT2D eigenvalue weighted by Gasteiger charge is -2.35. The molecule has 70 valence electrons. The molecule has 0 nitrogen and oxygen atoms in total. The van der Waals surface area contributed by atoms with Crippen LogP contribution in [-0.4, -0.2) is 5.33 Å². The molecule has 0 aliphatic heterocycles. The van der Waals surface area contributed by atoms with Crippen molar-refractivity contribution >= 4 is 15.9 Å². The Balaban J connectivity index is 2.65. The first kappa shape index (κ1) is 10.3. The van der Waals surface area contributed by atoms with Gasteiger partial charge in [-0.25, -0.2) is 0 Å². The third-order valence-electron chi connectivity index (χ3n) is 3.28. The van der Waals surface area contributed by atoms with Crippen LogP contribution in [0.4, 0.5) is 0 Å². The molecule has 0 N–H and O–H groups in total. The van der Waals surface area contributed by atoms with Gasteiger partial charge in [0.15, 0.2) is 0 Å². The fourth-order valence-electron chi connectivity index (χ4n) is 1.97. The number of alkyl halides is 1. The van der Waals surface area contributed by atoms with Gasteiger partial charge in [0.05, 0.1) is 0 Å². The van der Waals surface area contributed by atoms with Gasteiger partial charge in [0.1, 0.15) is 0 Å². The van der Waals surface area contributed by atoms with Crippen LogP contribution in [0.25, 0.3) is 0 Å². The van der Waals surface area contributed by atoms with Gasteiger partial charge < -0.3 is 0 Å². The number of hydrogen-bond donors (Lipinski definition) is 0. The van der Waals surface area contributed by atoms with E-state index in [0.717, 1.165) is 5.92 Å². The maximum atomic E-state index is 3.68. The molecule has 12 heavy (non-hydrogen) atoms. The van der Waals surface area contributed by atoms with E-state index in [1.807, 2.05) is 0 Å². The minimum absolute atomic E-state index is 0.559. The summed E-state index contributed by atoms with van der Waals surface area (Å²) in [6.07, 6.45) is 9.92. The molecule has 0 bridgehead atoms. The molecule has 0 spiro atoms. The summed E-state index contributed by atoms with van der Waals surface area (Å²) in [7, 11) is 0. The molecular weight excluding hydrogens is 212 g/mol. The molecule has 1 rings (SSSR count). The van der Waals surface area contributed by atoms with E-state index in [-0.39, 0.29) is 0 Å². The van der Waals surface area contributed by atoms with Gasteiger partial charge in [0.2, 0.25) is 0 Å². The normalized spacial score (nSPS) is 22.7. The van der Waals surface area contributed by atoms with Crippen molar-refractivity contribution in [1.29, 1.82) is 0 Å². The minimum atomic E-state index is 0.559. The average Bonchev–Trinajstić information content (AvgIpc) is 2.29. The fraction of sp³-hybridized carbons (Fsp3) is 0.818. The summed E-state index contributed by atoms with van der Waals surface area (Å²) in [4.78, 5) is 0. The average molecular weight is 231 g/mol. The highest BCUT2D eigenvalue weighted by molar-refractivity contribution is 9.09. The second kappa shape index (κ2) is 4.45. The summed E-state index contributed by atoms with van der Waals surface area (Å²) in [5.41, 5.74) is 0.559. The van der Waals surface area contributed by atoms with E-state index in [1.54, 1.807) is 0 Å². The predicted octanol–water partition coefficient (Wildman–Crippen LogP) is 4.15. The number of rotatable bonds is 2. The molecule has 0 fully saturated rings. The summed E-state index contributed by atoms with van der Waals surface area (Å²) >= 11 is 3.68. The lowest BCUT2D eigenvalue weighted by molar-refractivity contribution is 0.197. The molecule has 0 aromatic carbocycles. The molecule has 0 aromatic rings. The molecule has 0 aromatic heterocycles. The second-order valence-electron chi connectivity index (χ2n) is 4.20. The molecule has 0 saturated heterocycles. The minimum Gasteiger partial charge on any atom is -0.0922 e. The van der Waals surface area contributed by atoms with Gasteiger partial charge in [-0.15, -0.1) is 0 Å². The van der Waals surface area contributed by atoms with Gasteiger partial charge in [0.25, 0.3) is 0 Å². The van der Waals surface area contributed by atoms with Gasteiger partial charge in [-0.1, -0.05) is 41.9 Å². The van der Waals surface area contributed by atoms with Gasteiger partial charge in [-0.2, -0.15) is 0 Å². The SMILES string of the molecule is CC(C)C1(CBr)CCC=CCC1. The molecular formula is C11H19Br. The fourth-order valence-corrected chi connectivity index (χ4v) is 3.18. The molecule has 0 unspecified atom stereocenters. The summed E-state index contributed by atoms with van der Waals surface area (Å²) in [6.45, 7) is 4.71. The van der Waals surface area contributed by atoms with Crippen molar-refractivity contribution in [3.63, 3.8) is 0 Å². The lowest BCUT2D eigenvalue weighted by atomic mass is 9.73. The van der Waals surface area contributed by atoms with Gasteiger partial charge >= 0.3 is 0 Å². The Morgan fingerprint density at radius 1 is 1.25 bits per heavy atom. The number of allylic oxidation sites excluding steroid dienone is 2. The van der Waals surface area contributed by atoms with Crippen molar-refractivity contribution < 1.29 is 0 Å². The first-order valence-electron chi connectivity index (χ1n) is 4.92.